The Hall–Kier alpha value is -0.800. The third kappa shape index (κ3) is 2.94. The molecule has 0 aliphatic heterocycles. The van der Waals surface area contributed by atoms with Gasteiger partial charge in [-0.15, -0.1) is 0 Å². The molecule has 0 heterocycles. The summed E-state index contributed by atoms with van der Waals surface area (Å²) in [5.74, 6) is 0.866. The summed E-state index contributed by atoms with van der Waals surface area (Å²) in [6.07, 6.45) is 0. The van der Waals surface area contributed by atoms with Crippen LogP contribution in [0.25, 0.3) is 11.1 Å². The second kappa shape index (κ2) is 6.31. The first kappa shape index (κ1) is 15.6. The Labute approximate surface area is 137 Å². The smallest absolute Gasteiger partial charge is 0.156 e. The molecule has 2 aromatic rings. The van der Waals surface area contributed by atoms with Crippen molar-refractivity contribution in [3.63, 3.8) is 0 Å². The van der Waals surface area contributed by atoms with Crippen LogP contribution in [0.3, 0.4) is 0 Å². The van der Waals surface area contributed by atoms with E-state index in [2.05, 4.69) is 0 Å². The fraction of sp³-hybridized carbons (Fsp3) is 0.143. The van der Waals surface area contributed by atoms with E-state index in [0.717, 1.165) is 11.1 Å². The topological polar surface area (TPSA) is 18.5 Å². The second-order valence-electron chi connectivity index (χ2n) is 3.95. The Morgan fingerprint density at radius 1 is 0.600 bits per heavy atom. The zero-order chi connectivity index (χ0) is 14.9. The van der Waals surface area contributed by atoms with E-state index in [0.29, 0.717) is 31.6 Å². The normalized spacial score (nSPS) is 10.5. The average molecular weight is 352 g/mol. The van der Waals surface area contributed by atoms with Gasteiger partial charge < -0.3 is 9.47 Å². The minimum Gasteiger partial charge on any atom is -0.494 e. The molecule has 6 heteroatoms. The van der Waals surface area contributed by atoms with Crippen LogP contribution in [-0.2, 0) is 0 Å². The van der Waals surface area contributed by atoms with Gasteiger partial charge in [0.15, 0.2) is 11.5 Å². The van der Waals surface area contributed by atoms with Gasteiger partial charge in [-0.05, 0) is 35.4 Å². The number of hydrogen-bond acceptors (Lipinski definition) is 2. The Bertz CT molecular complexity index is 552. The molecule has 0 atom stereocenters. The summed E-state index contributed by atoms with van der Waals surface area (Å²) in [6.45, 7) is 0. The first-order chi connectivity index (χ1) is 9.47. The number of methoxy groups -OCH3 is 2. The lowest BCUT2D eigenvalue weighted by Crippen LogP contribution is -1.89. The predicted molar refractivity (Wildman–Crippen MR) is 85.0 cm³/mol. The quantitative estimate of drug-likeness (QED) is 0.676. The van der Waals surface area contributed by atoms with E-state index in [1.165, 1.54) is 14.2 Å². The van der Waals surface area contributed by atoms with Gasteiger partial charge in [-0.1, -0.05) is 46.4 Å². The number of halogens is 4. The molecule has 2 nitrogen and oxygen atoms in total. The molecule has 0 aromatic heterocycles. The molecule has 0 aliphatic rings. The molecule has 0 radical (unpaired) electrons. The van der Waals surface area contributed by atoms with E-state index in [1.54, 1.807) is 24.3 Å². The van der Waals surface area contributed by atoms with E-state index in [9.17, 15) is 0 Å². The van der Waals surface area contributed by atoms with E-state index < -0.39 is 0 Å². The maximum Gasteiger partial charge on any atom is 0.156 e. The number of hydrogen-bond donors (Lipinski definition) is 0. The Balaban J connectivity index is 2.58. The molecule has 0 aliphatic carbocycles. The first-order valence-corrected chi connectivity index (χ1v) is 7.05. The van der Waals surface area contributed by atoms with E-state index in [-0.39, 0.29) is 0 Å². The summed E-state index contributed by atoms with van der Waals surface area (Å²) < 4.78 is 10.2. The molecule has 0 bridgehead atoms. The summed E-state index contributed by atoms with van der Waals surface area (Å²) in [4.78, 5) is 0. The van der Waals surface area contributed by atoms with Crippen LogP contribution in [0.2, 0.25) is 20.1 Å². The molecule has 0 fully saturated rings. The highest BCUT2D eigenvalue weighted by Crippen LogP contribution is 2.41. The van der Waals surface area contributed by atoms with Crippen molar-refractivity contribution in [3.8, 4) is 22.6 Å². The van der Waals surface area contributed by atoms with Gasteiger partial charge in [-0.2, -0.15) is 0 Å². The molecular weight excluding hydrogens is 342 g/mol. The van der Waals surface area contributed by atoms with Crippen molar-refractivity contribution >= 4 is 46.4 Å². The van der Waals surface area contributed by atoms with Crippen molar-refractivity contribution in [2.45, 2.75) is 0 Å². The maximum atomic E-state index is 6.12. The van der Waals surface area contributed by atoms with E-state index >= 15 is 0 Å². The highest BCUT2D eigenvalue weighted by atomic mass is 35.5. The average Bonchev–Trinajstić information content (AvgIpc) is 2.37. The lowest BCUT2D eigenvalue weighted by molar-refractivity contribution is 0.415. The monoisotopic (exact) mass is 350 g/mol. The van der Waals surface area contributed by atoms with Crippen molar-refractivity contribution in [1.82, 2.24) is 0 Å². The summed E-state index contributed by atoms with van der Waals surface area (Å²) >= 11 is 24.5. The molecule has 0 saturated heterocycles. The fourth-order valence-corrected chi connectivity index (χ4v) is 3.13. The van der Waals surface area contributed by atoms with Gasteiger partial charge in [0.1, 0.15) is 0 Å². The zero-order valence-electron chi connectivity index (χ0n) is 10.6. The Morgan fingerprint density at radius 3 is 1.05 bits per heavy atom. The van der Waals surface area contributed by atoms with Gasteiger partial charge in [0.25, 0.3) is 0 Å². The summed E-state index contributed by atoms with van der Waals surface area (Å²) in [5.41, 5.74) is 1.57. The fourth-order valence-electron chi connectivity index (χ4n) is 1.84. The first-order valence-electron chi connectivity index (χ1n) is 5.54. The number of ether oxygens (including phenoxy) is 2. The largest absolute Gasteiger partial charge is 0.494 e. The third-order valence-electron chi connectivity index (χ3n) is 2.74. The van der Waals surface area contributed by atoms with Gasteiger partial charge in [0, 0.05) is 0 Å². The molecule has 2 aromatic carbocycles. The third-order valence-corrected chi connectivity index (χ3v) is 3.86. The van der Waals surface area contributed by atoms with Crippen LogP contribution in [0, 0.1) is 0 Å². The summed E-state index contributed by atoms with van der Waals surface area (Å²) in [5, 5.41) is 1.66. The van der Waals surface area contributed by atoms with Crippen molar-refractivity contribution in [3.05, 3.63) is 44.4 Å². The van der Waals surface area contributed by atoms with Gasteiger partial charge in [0.2, 0.25) is 0 Å². The standard InChI is InChI=1S/C14H10Cl4O2/c1-19-13-9(15)3-7(4-10(13)16)8-5-11(17)14(20-2)12(18)6-8/h3-6H,1-2H3. The van der Waals surface area contributed by atoms with Crippen LogP contribution >= 0.6 is 46.4 Å². The molecule has 0 amide bonds. The molecule has 0 N–H and O–H groups in total. The van der Waals surface area contributed by atoms with Gasteiger partial charge >= 0.3 is 0 Å². The highest BCUT2D eigenvalue weighted by molar-refractivity contribution is 6.38. The van der Waals surface area contributed by atoms with Crippen LogP contribution in [0.5, 0.6) is 11.5 Å². The number of benzene rings is 2. The Morgan fingerprint density at radius 2 is 0.850 bits per heavy atom. The Kier molecular flexibility index (Phi) is 4.92. The van der Waals surface area contributed by atoms with Crippen molar-refractivity contribution in [1.29, 1.82) is 0 Å². The molecule has 20 heavy (non-hydrogen) atoms. The van der Waals surface area contributed by atoms with Gasteiger partial charge in [0.05, 0.1) is 34.3 Å². The van der Waals surface area contributed by atoms with Crippen LogP contribution in [-0.4, -0.2) is 14.2 Å². The maximum absolute atomic E-state index is 6.12. The molecule has 2 rings (SSSR count). The molecule has 0 saturated carbocycles. The second-order valence-corrected chi connectivity index (χ2v) is 5.58. The molecular formula is C14H10Cl4O2. The van der Waals surface area contributed by atoms with Gasteiger partial charge in [-0.3, -0.25) is 0 Å². The van der Waals surface area contributed by atoms with Crippen molar-refractivity contribution in [2.24, 2.45) is 0 Å². The van der Waals surface area contributed by atoms with Crippen LogP contribution in [0.1, 0.15) is 0 Å². The lowest BCUT2D eigenvalue weighted by atomic mass is 10.1. The zero-order valence-corrected chi connectivity index (χ0v) is 13.7. The molecule has 0 unspecified atom stereocenters. The number of rotatable bonds is 3. The minimum absolute atomic E-state index is 0.415. The van der Waals surface area contributed by atoms with Crippen molar-refractivity contribution in [2.75, 3.05) is 14.2 Å². The summed E-state index contributed by atoms with van der Waals surface area (Å²) in [6, 6.07) is 6.95. The van der Waals surface area contributed by atoms with Crippen LogP contribution in [0.4, 0.5) is 0 Å². The highest BCUT2D eigenvalue weighted by Gasteiger charge is 2.13. The van der Waals surface area contributed by atoms with Crippen molar-refractivity contribution < 1.29 is 9.47 Å². The SMILES string of the molecule is COc1c(Cl)cc(-c2cc(Cl)c(OC)c(Cl)c2)cc1Cl. The van der Waals surface area contributed by atoms with Crippen LogP contribution in [0.15, 0.2) is 24.3 Å². The van der Waals surface area contributed by atoms with E-state index in [1.807, 2.05) is 0 Å². The predicted octanol–water partition coefficient (Wildman–Crippen LogP) is 5.98. The molecule has 106 valence electrons. The minimum atomic E-state index is 0.415. The summed E-state index contributed by atoms with van der Waals surface area (Å²) in [7, 11) is 3.02. The molecule has 0 spiro atoms. The van der Waals surface area contributed by atoms with Crippen LogP contribution < -0.4 is 9.47 Å². The lowest BCUT2D eigenvalue weighted by Gasteiger charge is -2.11. The van der Waals surface area contributed by atoms with Gasteiger partial charge in [-0.25, -0.2) is 0 Å². The van der Waals surface area contributed by atoms with E-state index in [4.69, 9.17) is 55.9 Å².